The van der Waals surface area contributed by atoms with E-state index in [1.165, 1.54) is 37.1 Å². The van der Waals surface area contributed by atoms with Gasteiger partial charge in [0, 0.05) is 37.1 Å². The molecule has 327 valence electrons. The number of nitrogens with zero attached hydrogens (tertiary/aromatic N) is 3. The number of non-ortho nitro benzene ring substituents is 1. The molecule has 1 aliphatic rings. The van der Waals surface area contributed by atoms with E-state index in [0.29, 0.717) is 31.2 Å². The Bertz CT molecular complexity index is 2260. The summed E-state index contributed by atoms with van der Waals surface area (Å²) in [5.41, 5.74) is 2.55. The lowest BCUT2D eigenvalue weighted by molar-refractivity contribution is -0.394. The van der Waals surface area contributed by atoms with Crippen LogP contribution in [0.2, 0.25) is 0 Å². The van der Waals surface area contributed by atoms with Crippen LogP contribution in [0.4, 0.5) is 11.4 Å². The van der Waals surface area contributed by atoms with Gasteiger partial charge in [-0.3, -0.25) is 49.0 Å². The van der Waals surface area contributed by atoms with E-state index in [0.717, 1.165) is 12.1 Å². The second kappa shape index (κ2) is 20.5. The maximum Gasteiger partial charge on any atom is 0.347 e. The Kier molecular flexibility index (Phi) is 15.7. The Balaban J connectivity index is 1.60. The van der Waals surface area contributed by atoms with E-state index >= 15 is 0 Å². The molecule has 21 heteroatoms. The number of rotatable bonds is 19. The Labute approximate surface area is 349 Å². The number of hydrogen-bond acceptors (Lipinski definition) is 14. The van der Waals surface area contributed by atoms with Crippen LogP contribution in [-0.2, 0) is 24.0 Å². The number of carbonyl (C=O) groups excluding carboxylic acids is 6. The van der Waals surface area contributed by atoms with Crippen LogP contribution < -0.4 is 37.4 Å². The van der Waals surface area contributed by atoms with Gasteiger partial charge in [0.1, 0.15) is 35.0 Å². The van der Waals surface area contributed by atoms with Gasteiger partial charge >= 0.3 is 5.63 Å². The zero-order chi connectivity index (χ0) is 45.3. The van der Waals surface area contributed by atoms with Gasteiger partial charge in [-0.15, -0.1) is 0 Å². The molecule has 5 atom stereocenters. The highest BCUT2D eigenvalue weighted by molar-refractivity contribution is 6.02. The second-order valence-electron chi connectivity index (χ2n) is 15.4. The molecule has 1 radical (unpaired) electrons. The van der Waals surface area contributed by atoms with E-state index in [9.17, 15) is 53.8 Å². The average Bonchev–Trinajstić information content (AvgIpc) is 3.71. The average molecular weight is 850 g/mol. The van der Waals surface area contributed by atoms with Crippen LogP contribution in [0.1, 0.15) is 82.3 Å². The molecule has 61 heavy (non-hydrogen) atoms. The number of ketones is 1. The molecule has 0 aliphatic carbocycles. The van der Waals surface area contributed by atoms with Gasteiger partial charge in [-0.25, -0.2) is 4.79 Å². The van der Waals surface area contributed by atoms with E-state index in [2.05, 4.69) is 27.3 Å². The standard InChI is InChI=1S/C40H49N8O13/c1-20(2)14-28(44-39(54)30-8-7-13-46(30)22(5)49)37(52)42-19-33(50)43-29(15-21(3)4)38(53)45-35(26-12-10-24(47(56)57)17-31(26)48(58)59)34(41)36(51)27-16-23-9-11-25(60-6)18-32(23)61-40(27)55/h9-12,17-18,20-21,28-30,34-35H,7-8,13-15,19,41H2,1-6H3,(H,42,52)(H,43,50)(H,44,54)(H,45,53)/t28-,29-,30-,34?,35?/m0/s1. The minimum atomic E-state index is -1.96. The number of methoxy groups -OCH3 is 1. The SMILES string of the molecule is COc1ccc2[c]c(C(=O)C(N)C(NC(=O)[C@H](CC(C)C)NC(=O)CNC(=O)[C@H](CC(C)C)NC(=O)[C@@H]3CCCN3C(C)=O)c3ccc([N+](=O)[O-])cc3[N+](=O)[O-])c(=O)oc2c1. The Morgan fingerprint density at radius 2 is 1.59 bits per heavy atom. The van der Waals surface area contributed by atoms with Gasteiger partial charge < -0.3 is 41.1 Å². The number of fused-ring (bicyclic) bond motifs is 1. The molecule has 1 aliphatic heterocycles. The van der Waals surface area contributed by atoms with Crippen LogP contribution in [-0.4, -0.2) is 94.4 Å². The van der Waals surface area contributed by atoms with Crippen molar-refractivity contribution >= 4 is 57.7 Å². The Hall–Kier alpha value is -6.77. The summed E-state index contributed by atoms with van der Waals surface area (Å²) in [6.45, 7) is 8.22. The van der Waals surface area contributed by atoms with E-state index in [4.69, 9.17) is 14.9 Å². The number of nitrogens with two attached hydrogens (primary N) is 1. The fourth-order valence-corrected chi connectivity index (χ4v) is 6.94. The third-order valence-corrected chi connectivity index (χ3v) is 9.90. The summed E-state index contributed by atoms with van der Waals surface area (Å²) in [5, 5.41) is 34.1. The minimum absolute atomic E-state index is 0.0130. The lowest BCUT2D eigenvalue weighted by Crippen LogP contribution is -2.56. The zero-order valence-corrected chi connectivity index (χ0v) is 34.5. The number of nitro benzene ring substituents is 2. The summed E-state index contributed by atoms with van der Waals surface area (Å²) in [7, 11) is 1.39. The van der Waals surface area contributed by atoms with Gasteiger partial charge in [0.25, 0.3) is 11.4 Å². The first kappa shape index (κ1) is 46.9. The van der Waals surface area contributed by atoms with Gasteiger partial charge in [-0.05, 0) is 55.7 Å². The molecule has 2 aromatic carbocycles. The van der Waals surface area contributed by atoms with Crippen molar-refractivity contribution in [2.45, 2.75) is 90.5 Å². The number of likely N-dealkylation sites (tertiary alicyclic amines) is 1. The highest BCUT2D eigenvalue weighted by atomic mass is 16.6. The van der Waals surface area contributed by atoms with Crippen molar-refractivity contribution in [2.24, 2.45) is 17.6 Å². The fraction of sp³-hybridized carbons (Fsp3) is 0.475. The van der Waals surface area contributed by atoms with E-state index in [-0.39, 0.29) is 41.6 Å². The minimum Gasteiger partial charge on any atom is -0.497 e. The summed E-state index contributed by atoms with van der Waals surface area (Å²) >= 11 is 0. The summed E-state index contributed by atoms with van der Waals surface area (Å²) in [4.78, 5) is 116. The largest absolute Gasteiger partial charge is 0.497 e. The summed E-state index contributed by atoms with van der Waals surface area (Å²) in [6, 6.07) is 2.43. The maximum absolute atomic E-state index is 14.1. The molecule has 4 rings (SSSR count). The molecule has 0 saturated carbocycles. The number of hydrogen-bond donors (Lipinski definition) is 5. The fourth-order valence-electron chi connectivity index (χ4n) is 6.94. The smallest absolute Gasteiger partial charge is 0.347 e. The molecule has 1 saturated heterocycles. The molecular weight excluding hydrogens is 800 g/mol. The van der Waals surface area contributed by atoms with Crippen molar-refractivity contribution in [1.82, 2.24) is 26.2 Å². The summed E-state index contributed by atoms with van der Waals surface area (Å²) in [5.74, 6) is -4.48. The number of carbonyl (C=O) groups is 6. The van der Waals surface area contributed by atoms with Gasteiger partial charge in [-0.1, -0.05) is 27.7 Å². The molecule has 2 unspecified atom stereocenters. The number of amides is 5. The lowest BCUT2D eigenvalue weighted by Gasteiger charge is -2.28. The number of nitro groups is 2. The predicted octanol–water partition coefficient (Wildman–Crippen LogP) is 1.97. The number of benzene rings is 2. The van der Waals surface area contributed by atoms with Crippen LogP contribution >= 0.6 is 0 Å². The third-order valence-electron chi connectivity index (χ3n) is 9.90. The molecule has 0 bridgehead atoms. The molecule has 5 amide bonds. The quantitative estimate of drug-likeness (QED) is 0.0499. The molecule has 1 fully saturated rings. The van der Waals surface area contributed by atoms with Crippen molar-refractivity contribution in [1.29, 1.82) is 0 Å². The summed E-state index contributed by atoms with van der Waals surface area (Å²) < 4.78 is 10.4. The first-order valence-electron chi connectivity index (χ1n) is 19.4. The first-order valence-corrected chi connectivity index (χ1v) is 19.4. The van der Waals surface area contributed by atoms with E-state index < -0.39 is 104 Å². The monoisotopic (exact) mass is 849 g/mol. The van der Waals surface area contributed by atoms with Crippen molar-refractivity contribution in [3.05, 3.63) is 84.2 Å². The van der Waals surface area contributed by atoms with Crippen LogP contribution in [0, 0.1) is 38.1 Å². The topological polar surface area (TPSA) is 306 Å². The van der Waals surface area contributed by atoms with E-state index in [1.54, 1.807) is 13.8 Å². The molecule has 6 N–H and O–H groups in total. The van der Waals surface area contributed by atoms with Gasteiger partial charge in [0.15, 0.2) is 5.78 Å². The Morgan fingerprint density at radius 1 is 0.934 bits per heavy atom. The van der Waals surface area contributed by atoms with Gasteiger partial charge in [0.05, 0.1) is 47.2 Å². The van der Waals surface area contributed by atoms with Crippen LogP contribution in [0.15, 0.2) is 45.6 Å². The number of ether oxygens (including phenoxy) is 1. The first-order chi connectivity index (χ1) is 28.7. The van der Waals surface area contributed by atoms with Crippen LogP contribution in [0.25, 0.3) is 11.0 Å². The predicted molar refractivity (Wildman–Crippen MR) is 217 cm³/mol. The van der Waals surface area contributed by atoms with Gasteiger partial charge in [0.2, 0.25) is 29.5 Å². The molecule has 1 aromatic heterocycles. The Morgan fingerprint density at radius 3 is 2.18 bits per heavy atom. The zero-order valence-electron chi connectivity index (χ0n) is 34.5. The molecule has 0 spiro atoms. The number of Topliss-reactive ketones (excluding diaryl/α,β-unsaturated/α-hetero) is 1. The third kappa shape index (κ3) is 11.9. The highest BCUT2D eigenvalue weighted by Gasteiger charge is 2.38. The van der Waals surface area contributed by atoms with Crippen molar-refractivity contribution in [2.75, 3.05) is 20.2 Å². The van der Waals surface area contributed by atoms with Crippen molar-refractivity contribution in [3.63, 3.8) is 0 Å². The summed E-state index contributed by atoms with van der Waals surface area (Å²) in [6.07, 6.45) is 1.21. The normalized spacial score (nSPS) is 15.7. The second-order valence-corrected chi connectivity index (χ2v) is 15.4. The van der Waals surface area contributed by atoms with Gasteiger partial charge in [-0.2, -0.15) is 0 Å². The number of nitrogens with one attached hydrogen (secondary N) is 4. The highest BCUT2D eigenvalue weighted by Crippen LogP contribution is 2.32. The van der Waals surface area contributed by atoms with Crippen LogP contribution in [0.3, 0.4) is 0 Å². The van der Waals surface area contributed by atoms with Crippen LogP contribution in [0.5, 0.6) is 5.75 Å². The van der Waals surface area contributed by atoms with Crippen molar-refractivity contribution in [3.8, 4) is 5.75 Å². The lowest BCUT2D eigenvalue weighted by atomic mass is 9.91. The van der Waals surface area contributed by atoms with Crippen molar-refractivity contribution < 1.29 is 47.8 Å². The molecular formula is C40H49N8O13. The maximum atomic E-state index is 14.1. The molecule has 2 heterocycles. The molecule has 3 aromatic rings. The molecule has 21 nitrogen and oxygen atoms in total. The van der Waals surface area contributed by atoms with E-state index in [1.807, 2.05) is 13.8 Å².